The topological polar surface area (TPSA) is 26.3 Å². The van der Waals surface area contributed by atoms with Crippen LogP contribution in [0.15, 0.2) is 12.1 Å². The summed E-state index contributed by atoms with van der Waals surface area (Å²) in [6.07, 6.45) is 0.508. The zero-order chi connectivity index (χ0) is 11.0. The number of hydrogen-bond donors (Lipinski definition) is 0. The van der Waals surface area contributed by atoms with Crippen LogP contribution >= 0.6 is 0 Å². The zero-order valence-corrected chi connectivity index (χ0v) is 9.46. The normalized spacial score (nSPS) is 15.1. The van der Waals surface area contributed by atoms with Gasteiger partial charge in [0.25, 0.3) is 0 Å². The van der Waals surface area contributed by atoms with Crippen LogP contribution in [0.3, 0.4) is 0 Å². The Balaban J connectivity index is 2.56. The van der Waals surface area contributed by atoms with Crippen molar-refractivity contribution in [2.24, 2.45) is 0 Å². The van der Waals surface area contributed by atoms with E-state index in [9.17, 15) is 4.79 Å². The van der Waals surface area contributed by atoms with Crippen molar-refractivity contribution in [1.82, 2.24) is 0 Å². The molecule has 0 atom stereocenters. The summed E-state index contributed by atoms with van der Waals surface area (Å²) < 4.78 is 5.54. The molecule has 0 saturated carbocycles. The molecule has 0 aliphatic carbocycles. The number of aryl methyl sites for hydroxylation is 1. The fraction of sp³-hybridized carbons (Fsp3) is 0.462. The van der Waals surface area contributed by atoms with Crippen molar-refractivity contribution in [2.75, 3.05) is 6.61 Å². The summed E-state index contributed by atoms with van der Waals surface area (Å²) in [5, 5.41) is 0. The van der Waals surface area contributed by atoms with Gasteiger partial charge in [0.05, 0.1) is 12.2 Å². The van der Waals surface area contributed by atoms with Crippen molar-refractivity contribution >= 4 is 5.78 Å². The molecule has 1 aliphatic heterocycles. The highest BCUT2D eigenvalue weighted by Gasteiger charge is 2.21. The molecule has 0 spiro atoms. The summed E-state index contributed by atoms with van der Waals surface area (Å²) in [4.78, 5) is 11.7. The second kappa shape index (κ2) is 3.69. The molecule has 15 heavy (non-hydrogen) atoms. The SMILES string of the molecule is Cc1cc(C(C)C)cc2c1OCCC2=O. The molecule has 2 rings (SSSR count). The average molecular weight is 204 g/mol. The molecule has 80 valence electrons. The molecular weight excluding hydrogens is 188 g/mol. The minimum absolute atomic E-state index is 0.210. The van der Waals surface area contributed by atoms with Crippen LogP contribution in [0.2, 0.25) is 0 Å². The molecule has 0 saturated heterocycles. The van der Waals surface area contributed by atoms with E-state index in [1.807, 2.05) is 13.0 Å². The lowest BCUT2D eigenvalue weighted by molar-refractivity contribution is 0.0932. The van der Waals surface area contributed by atoms with Crippen molar-refractivity contribution in [1.29, 1.82) is 0 Å². The van der Waals surface area contributed by atoms with Gasteiger partial charge in [-0.05, 0) is 30.0 Å². The first-order valence-electron chi connectivity index (χ1n) is 5.40. The van der Waals surface area contributed by atoms with Crippen molar-refractivity contribution in [3.8, 4) is 5.75 Å². The Bertz CT molecular complexity index is 405. The summed E-state index contributed by atoms with van der Waals surface area (Å²) in [6.45, 7) is 6.79. The maximum atomic E-state index is 11.7. The minimum atomic E-state index is 0.210. The first-order chi connectivity index (χ1) is 7.09. The maximum Gasteiger partial charge on any atom is 0.170 e. The van der Waals surface area contributed by atoms with E-state index in [1.165, 1.54) is 5.56 Å². The van der Waals surface area contributed by atoms with E-state index in [2.05, 4.69) is 19.9 Å². The van der Waals surface area contributed by atoms with Crippen LogP contribution in [0, 0.1) is 6.92 Å². The quantitative estimate of drug-likeness (QED) is 0.702. The van der Waals surface area contributed by atoms with E-state index in [1.54, 1.807) is 0 Å². The molecule has 2 heteroatoms. The van der Waals surface area contributed by atoms with Gasteiger partial charge in [-0.2, -0.15) is 0 Å². The maximum absolute atomic E-state index is 11.7. The third kappa shape index (κ3) is 1.76. The highest BCUT2D eigenvalue weighted by molar-refractivity contribution is 6.00. The fourth-order valence-electron chi connectivity index (χ4n) is 1.91. The van der Waals surface area contributed by atoms with Crippen molar-refractivity contribution in [2.45, 2.75) is 33.1 Å². The molecule has 1 aliphatic rings. The van der Waals surface area contributed by atoms with Gasteiger partial charge in [0.1, 0.15) is 5.75 Å². The predicted octanol–water partition coefficient (Wildman–Crippen LogP) is 3.08. The van der Waals surface area contributed by atoms with Crippen LogP contribution < -0.4 is 4.74 Å². The highest BCUT2D eigenvalue weighted by atomic mass is 16.5. The van der Waals surface area contributed by atoms with Crippen LogP contribution in [0.4, 0.5) is 0 Å². The molecule has 1 aromatic rings. The monoisotopic (exact) mass is 204 g/mol. The summed E-state index contributed by atoms with van der Waals surface area (Å²) >= 11 is 0. The Morgan fingerprint density at radius 3 is 2.73 bits per heavy atom. The third-order valence-electron chi connectivity index (χ3n) is 2.84. The number of Topliss-reactive ketones (excluding diaryl/α,β-unsaturated/α-hetero) is 1. The molecule has 0 bridgehead atoms. The predicted molar refractivity (Wildman–Crippen MR) is 59.7 cm³/mol. The molecule has 0 amide bonds. The first-order valence-corrected chi connectivity index (χ1v) is 5.40. The standard InChI is InChI=1S/C13H16O2/c1-8(2)10-6-9(3)13-11(7-10)12(14)4-5-15-13/h6-8H,4-5H2,1-3H3. The lowest BCUT2D eigenvalue weighted by Crippen LogP contribution is -2.16. The smallest absolute Gasteiger partial charge is 0.170 e. The molecule has 0 N–H and O–H groups in total. The first kappa shape index (κ1) is 10.2. The Morgan fingerprint density at radius 2 is 2.07 bits per heavy atom. The number of fused-ring (bicyclic) bond motifs is 1. The van der Waals surface area contributed by atoms with E-state index in [0.29, 0.717) is 18.9 Å². The molecule has 2 nitrogen and oxygen atoms in total. The third-order valence-corrected chi connectivity index (χ3v) is 2.84. The lowest BCUT2D eigenvalue weighted by Gasteiger charge is -2.20. The van der Waals surface area contributed by atoms with Crippen molar-refractivity contribution < 1.29 is 9.53 Å². The average Bonchev–Trinajstić information content (AvgIpc) is 2.19. The second-order valence-corrected chi connectivity index (χ2v) is 4.39. The molecule has 0 unspecified atom stereocenters. The molecule has 0 aromatic heterocycles. The van der Waals surface area contributed by atoms with Gasteiger partial charge in [-0.3, -0.25) is 4.79 Å². The molecular formula is C13H16O2. The minimum Gasteiger partial charge on any atom is -0.492 e. The van der Waals surface area contributed by atoms with Crippen molar-refractivity contribution in [3.63, 3.8) is 0 Å². The fourth-order valence-corrected chi connectivity index (χ4v) is 1.91. The van der Waals surface area contributed by atoms with Gasteiger partial charge in [0.15, 0.2) is 5.78 Å². The van der Waals surface area contributed by atoms with Gasteiger partial charge in [-0.15, -0.1) is 0 Å². The summed E-state index contributed by atoms with van der Waals surface area (Å²) in [6, 6.07) is 4.09. The Hall–Kier alpha value is -1.31. The van der Waals surface area contributed by atoms with Crippen molar-refractivity contribution in [3.05, 3.63) is 28.8 Å². The van der Waals surface area contributed by atoms with Gasteiger partial charge in [-0.1, -0.05) is 19.9 Å². The number of benzene rings is 1. The number of hydrogen-bond acceptors (Lipinski definition) is 2. The van der Waals surface area contributed by atoms with E-state index in [0.717, 1.165) is 16.9 Å². The summed E-state index contributed by atoms with van der Waals surface area (Å²) in [5.41, 5.74) is 3.05. The molecule has 0 radical (unpaired) electrons. The highest BCUT2D eigenvalue weighted by Crippen LogP contribution is 2.32. The summed E-state index contributed by atoms with van der Waals surface area (Å²) in [7, 11) is 0. The van der Waals surface area contributed by atoms with Gasteiger partial charge < -0.3 is 4.74 Å². The van der Waals surface area contributed by atoms with Gasteiger partial charge in [0, 0.05) is 6.42 Å². The molecule has 1 aromatic carbocycles. The number of ketones is 1. The van der Waals surface area contributed by atoms with Gasteiger partial charge in [-0.25, -0.2) is 0 Å². The van der Waals surface area contributed by atoms with Crippen LogP contribution in [-0.4, -0.2) is 12.4 Å². The number of carbonyl (C=O) groups excluding carboxylic acids is 1. The van der Waals surface area contributed by atoms with E-state index >= 15 is 0 Å². The Morgan fingerprint density at radius 1 is 1.33 bits per heavy atom. The van der Waals surface area contributed by atoms with Crippen LogP contribution in [0.1, 0.15) is 47.7 Å². The molecule has 1 heterocycles. The van der Waals surface area contributed by atoms with Crippen LogP contribution in [-0.2, 0) is 0 Å². The Kier molecular flexibility index (Phi) is 2.51. The Labute approximate surface area is 90.3 Å². The van der Waals surface area contributed by atoms with E-state index in [-0.39, 0.29) is 5.78 Å². The summed E-state index contributed by atoms with van der Waals surface area (Å²) in [5.74, 6) is 1.45. The zero-order valence-electron chi connectivity index (χ0n) is 9.46. The van der Waals surface area contributed by atoms with Gasteiger partial charge in [0.2, 0.25) is 0 Å². The van der Waals surface area contributed by atoms with Crippen LogP contribution in [0.5, 0.6) is 5.75 Å². The van der Waals surface area contributed by atoms with E-state index in [4.69, 9.17) is 4.74 Å². The largest absolute Gasteiger partial charge is 0.492 e. The van der Waals surface area contributed by atoms with Crippen LogP contribution in [0.25, 0.3) is 0 Å². The number of ether oxygens (including phenoxy) is 1. The molecule has 0 fully saturated rings. The number of rotatable bonds is 1. The lowest BCUT2D eigenvalue weighted by atomic mass is 9.94. The second-order valence-electron chi connectivity index (χ2n) is 4.39. The van der Waals surface area contributed by atoms with E-state index < -0.39 is 0 Å². The van der Waals surface area contributed by atoms with Gasteiger partial charge >= 0.3 is 0 Å². The number of carbonyl (C=O) groups is 1.